The molecule has 5 heteroatoms. The summed E-state index contributed by atoms with van der Waals surface area (Å²) in [6.45, 7) is 1.99. The van der Waals surface area contributed by atoms with Crippen LogP contribution in [0.25, 0.3) is 0 Å². The number of carbonyl (C=O) groups is 2. The molecule has 1 N–H and O–H groups in total. The van der Waals surface area contributed by atoms with Crippen LogP contribution in [0.5, 0.6) is 11.5 Å². The standard InChI is InChI=1S/C20H23NO4/c1-15(22)3-4-16-5-11-19(12-6-16)25-14-20(23)21-13-17-7-9-18(24-2)10-8-17/h5-12H,3-4,13-14H2,1-2H3,(H,21,23). The van der Waals surface area contributed by atoms with Gasteiger partial charge in [0.25, 0.3) is 5.91 Å². The maximum Gasteiger partial charge on any atom is 0.258 e. The molecule has 0 fully saturated rings. The lowest BCUT2D eigenvalue weighted by atomic mass is 10.1. The van der Waals surface area contributed by atoms with Gasteiger partial charge in [0, 0.05) is 13.0 Å². The first-order valence-corrected chi connectivity index (χ1v) is 8.17. The Morgan fingerprint density at radius 3 is 2.12 bits per heavy atom. The monoisotopic (exact) mass is 341 g/mol. The van der Waals surface area contributed by atoms with Crippen LogP contribution in [-0.4, -0.2) is 25.4 Å². The lowest BCUT2D eigenvalue weighted by Crippen LogP contribution is -2.28. The first-order valence-electron chi connectivity index (χ1n) is 8.17. The Morgan fingerprint density at radius 1 is 0.920 bits per heavy atom. The number of amides is 1. The highest BCUT2D eigenvalue weighted by Gasteiger charge is 2.04. The Balaban J connectivity index is 1.72. The van der Waals surface area contributed by atoms with Crippen molar-refractivity contribution < 1.29 is 19.1 Å². The maximum atomic E-state index is 11.9. The van der Waals surface area contributed by atoms with Gasteiger partial charge < -0.3 is 19.6 Å². The topological polar surface area (TPSA) is 64.6 Å². The zero-order chi connectivity index (χ0) is 18.1. The number of Topliss-reactive ketones (excluding diaryl/α,β-unsaturated/α-hetero) is 1. The van der Waals surface area contributed by atoms with Gasteiger partial charge in [0.2, 0.25) is 0 Å². The highest BCUT2D eigenvalue weighted by molar-refractivity contribution is 5.77. The highest BCUT2D eigenvalue weighted by atomic mass is 16.5. The van der Waals surface area contributed by atoms with E-state index < -0.39 is 0 Å². The second-order valence-corrected chi connectivity index (χ2v) is 5.76. The summed E-state index contributed by atoms with van der Waals surface area (Å²) in [5.74, 6) is 1.40. The molecule has 0 heterocycles. The van der Waals surface area contributed by atoms with Crippen molar-refractivity contribution in [2.75, 3.05) is 13.7 Å². The van der Waals surface area contributed by atoms with E-state index in [9.17, 15) is 9.59 Å². The van der Waals surface area contributed by atoms with E-state index in [-0.39, 0.29) is 18.3 Å². The second kappa shape index (κ2) is 9.47. The van der Waals surface area contributed by atoms with Crippen LogP contribution in [0, 0.1) is 0 Å². The summed E-state index contributed by atoms with van der Waals surface area (Å²) in [6.07, 6.45) is 1.26. The van der Waals surface area contributed by atoms with Crippen LogP contribution in [0.15, 0.2) is 48.5 Å². The number of ketones is 1. The van der Waals surface area contributed by atoms with E-state index >= 15 is 0 Å². The molecular weight excluding hydrogens is 318 g/mol. The predicted molar refractivity (Wildman–Crippen MR) is 95.8 cm³/mol. The fourth-order valence-corrected chi connectivity index (χ4v) is 2.22. The smallest absolute Gasteiger partial charge is 0.258 e. The van der Waals surface area contributed by atoms with Gasteiger partial charge in [0.05, 0.1) is 7.11 Å². The molecular formula is C20H23NO4. The summed E-state index contributed by atoms with van der Waals surface area (Å²) in [5, 5.41) is 2.81. The molecule has 2 rings (SSSR count). The van der Waals surface area contributed by atoms with Crippen LogP contribution in [-0.2, 0) is 22.6 Å². The number of nitrogens with one attached hydrogen (secondary N) is 1. The minimum Gasteiger partial charge on any atom is -0.497 e. The van der Waals surface area contributed by atoms with Crippen molar-refractivity contribution in [2.45, 2.75) is 26.3 Å². The number of rotatable bonds is 9. The van der Waals surface area contributed by atoms with Gasteiger partial charge in [-0.3, -0.25) is 4.79 Å². The van der Waals surface area contributed by atoms with Gasteiger partial charge >= 0.3 is 0 Å². The van der Waals surface area contributed by atoms with Gasteiger partial charge in [-0.1, -0.05) is 24.3 Å². The number of hydrogen-bond acceptors (Lipinski definition) is 4. The second-order valence-electron chi connectivity index (χ2n) is 5.76. The average Bonchev–Trinajstić information content (AvgIpc) is 2.64. The van der Waals surface area contributed by atoms with E-state index in [1.807, 2.05) is 48.5 Å². The van der Waals surface area contributed by atoms with Crippen molar-refractivity contribution in [1.82, 2.24) is 5.32 Å². The molecule has 0 aliphatic rings. The maximum absolute atomic E-state index is 11.9. The van der Waals surface area contributed by atoms with E-state index in [1.165, 1.54) is 0 Å². The molecule has 0 unspecified atom stereocenters. The molecule has 0 saturated carbocycles. The van der Waals surface area contributed by atoms with Gasteiger partial charge in [-0.2, -0.15) is 0 Å². The first-order chi connectivity index (χ1) is 12.1. The third-order valence-electron chi connectivity index (χ3n) is 3.71. The van der Waals surface area contributed by atoms with Crippen molar-refractivity contribution in [1.29, 1.82) is 0 Å². The molecule has 0 aromatic heterocycles. The van der Waals surface area contributed by atoms with Gasteiger partial charge in [0.15, 0.2) is 6.61 Å². The van der Waals surface area contributed by atoms with Crippen molar-refractivity contribution in [3.63, 3.8) is 0 Å². The van der Waals surface area contributed by atoms with E-state index in [0.29, 0.717) is 18.7 Å². The van der Waals surface area contributed by atoms with Gasteiger partial charge in [0.1, 0.15) is 17.3 Å². The normalized spacial score (nSPS) is 10.2. The van der Waals surface area contributed by atoms with Gasteiger partial charge in [-0.15, -0.1) is 0 Å². The highest BCUT2D eigenvalue weighted by Crippen LogP contribution is 2.14. The van der Waals surface area contributed by atoms with Crippen LogP contribution < -0.4 is 14.8 Å². The molecule has 0 spiro atoms. The first kappa shape index (κ1) is 18.5. The van der Waals surface area contributed by atoms with E-state index in [1.54, 1.807) is 14.0 Å². The largest absolute Gasteiger partial charge is 0.497 e. The molecule has 2 aromatic rings. The number of hydrogen-bond donors (Lipinski definition) is 1. The van der Waals surface area contributed by atoms with E-state index in [2.05, 4.69) is 5.32 Å². The van der Waals surface area contributed by atoms with Crippen molar-refractivity contribution in [2.24, 2.45) is 0 Å². The molecule has 0 bridgehead atoms. The van der Waals surface area contributed by atoms with Crippen LogP contribution in [0.1, 0.15) is 24.5 Å². The molecule has 1 amide bonds. The van der Waals surface area contributed by atoms with Crippen molar-refractivity contribution in [3.05, 3.63) is 59.7 Å². The number of methoxy groups -OCH3 is 1. The Labute approximate surface area is 148 Å². The van der Waals surface area contributed by atoms with Gasteiger partial charge in [-0.05, 0) is 48.7 Å². The zero-order valence-electron chi connectivity index (χ0n) is 14.6. The average molecular weight is 341 g/mol. The van der Waals surface area contributed by atoms with Gasteiger partial charge in [-0.25, -0.2) is 0 Å². The summed E-state index contributed by atoms with van der Waals surface area (Å²) in [5.41, 5.74) is 2.07. The number of carbonyl (C=O) groups excluding carboxylic acids is 2. The molecule has 0 saturated heterocycles. The molecule has 5 nitrogen and oxygen atoms in total. The molecule has 0 aliphatic carbocycles. The Morgan fingerprint density at radius 2 is 1.52 bits per heavy atom. The van der Waals surface area contributed by atoms with E-state index in [4.69, 9.17) is 9.47 Å². The van der Waals surface area contributed by atoms with Crippen LogP contribution in [0.3, 0.4) is 0 Å². The molecule has 0 atom stereocenters. The number of ether oxygens (including phenoxy) is 2. The Kier molecular flexibility index (Phi) is 7.01. The Hall–Kier alpha value is -2.82. The molecule has 25 heavy (non-hydrogen) atoms. The molecule has 132 valence electrons. The lowest BCUT2D eigenvalue weighted by molar-refractivity contribution is -0.123. The SMILES string of the molecule is COc1ccc(CNC(=O)COc2ccc(CCC(C)=O)cc2)cc1. The summed E-state index contributed by atoms with van der Waals surface area (Å²) < 4.78 is 10.6. The van der Waals surface area contributed by atoms with Crippen LogP contribution in [0.2, 0.25) is 0 Å². The fraction of sp³-hybridized carbons (Fsp3) is 0.300. The molecule has 0 aliphatic heterocycles. The van der Waals surface area contributed by atoms with Crippen molar-refractivity contribution in [3.8, 4) is 11.5 Å². The third-order valence-corrected chi connectivity index (χ3v) is 3.71. The lowest BCUT2D eigenvalue weighted by Gasteiger charge is -2.09. The summed E-state index contributed by atoms with van der Waals surface area (Å²) >= 11 is 0. The van der Waals surface area contributed by atoms with Crippen molar-refractivity contribution >= 4 is 11.7 Å². The summed E-state index contributed by atoms with van der Waals surface area (Å²) in [6, 6.07) is 15.0. The number of benzene rings is 2. The zero-order valence-corrected chi connectivity index (χ0v) is 14.6. The minimum atomic E-state index is -0.184. The fourth-order valence-electron chi connectivity index (χ4n) is 2.22. The molecule has 0 radical (unpaired) electrons. The van der Waals surface area contributed by atoms with Crippen LogP contribution in [0.4, 0.5) is 0 Å². The predicted octanol–water partition coefficient (Wildman–Crippen LogP) is 2.91. The third kappa shape index (κ3) is 6.67. The summed E-state index contributed by atoms with van der Waals surface area (Å²) in [4.78, 5) is 22.8. The van der Waals surface area contributed by atoms with Crippen LogP contribution >= 0.6 is 0 Å². The Bertz CT molecular complexity index is 693. The minimum absolute atomic E-state index is 0.0387. The number of aryl methyl sites for hydroxylation is 1. The van der Waals surface area contributed by atoms with E-state index in [0.717, 1.165) is 23.3 Å². The quantitative estimate of drug-likeness (QED) is 0.762. The molecule has 2 aromatic carbocycles. The summed E-state index contributed by atoms with van der Waals surface area (Å²) in [7, 11) is 1.62.